The number of allylic oxidation sites excluding steroid dienone is 1. The van der Waals surface area contributed by atoms with E-state index in [9.17, 15) is 4.79 Å². The molecule has 0 saturated carbocycles. The Morgan fingerprint density at radius 3 is 2.79 bits per heavy atom. The molecule has 2 N–H and O–H groups in total. The zero-order valence-electron chi connectivity index (χ0n) is 17.2. The lowest BCUT2D eigenvalue weighted by atomic mass is 10.0. The van der Waals surface area contributed by atoms with Crippen molar-refractivity contribution in [2.75, 3.05) is 23.7 Å². The van der Waals surface area contributed by atoms with Gasteiger partial charge in [0.1, 0.15) is 0 Å². The molecule has 0 atom stereocenters. The second-order valence-electron chi connectivity index (χ2n) is 8.05. The van der Waals surface area contributed by atoms with Crippen molar-refractivity contribution >= 4 is 38.8 Å². The molecule has 2 aliphatic rings. The van der Waals surface area contributed by atoms with Crippen LogP contribution in [0, 0.1) is 0 Å². The summed E-state index contributed by atoms with van der Waals surface area (Å²) in [6, 6.07) is 6.90. The van der Waals surface area contributed by atoms with Gasteiger partial charge in [-0.25, -0.2) is 0 Å². The molecule has 3 heterocycles. The Labute approximate surface area is 180 Å². The number of fused-ring (bicyclic) bond motifs is 1. The molecule has 4 rings (SSSR count). The van der Waals surface area contributed by atoms with E-state index in [1.807, 2.05) is 24.4 Å². The summed E-state index contributed by atoms with van der Waals surface area (Å²) in [5.74, 6) is -0.0594. The number of nitrogens with one attached hydrogen (secondary N) is 2. The summed E-state index contributed by atoms with van der Waals surface area (Å²) in [6.07, 6.45) is 6.89. The number of hydrogen-bond donors (Lipinski definition) is 2. The van der Waals surface area contributed by atoms with Crippen molar-refractivity contribution in [2.24, 2.45) is 0 Å². The van der Waals surface area contributed by atoms with Crippen LogP contribution in [0.5, 0.6) is 0 Å². The Balaban J connectivity index is 1.53. The van der Waals surface area contributed by atoms with Crippen molar-refractivity contribution in [2.45, 2.75) is 52.1 Å². The van der Waals surface area contributed by atoms with Gasteiger partial charge in [0.05, 0.1) is 23.5 Å². The van der Waals surface area contributed by atoms with Gasteiger partial charge < -0.3 is 15.5 Å². The summed E-state index contributed by atoms with van der Waals surface area (Å²) < 4.78 is 3.04. The first-order chi connectivity index (χ1) is 14.0. The molecule has 6 nitrogen and oxygen atoms in total. The van der Waals surface area contributed by atoms with Crippen LogP contribution in [0.4, 0.5) is 11.4 Å². The van der Waals surface area contributed by atoms with Gasteiger partial charge in [0.2, 0.25) is 0 Å². The van der Waals surface area contributed by atoms with E-state index in [1.165, 1.54) is 0 Å². The number of piperidine rings is 1. The van der Waals surface area contributed by atoms with Crippen LogP contribution in [0.1, 0.15) is 51.6 Å². The highest BCUT2D eigenvalue weighted by atomic mass is 79.9. The van der Waals surface area contributed by atoms with Gasteiger partial charge in [0, 0.05) is 46.7 Å². The van der Waals surface area contributed by atoms with Gasteiger partial charge in [-0.05, 0) is 51.3 Å². The molecule has 1 aromatic carbocycles. The average Bonchev–Trinajstić information content (AvgIpc) is 3.30. The van der Waals surface area contributed by atoms with Crippen LogP contribution in [-0.4, -0.2) is 39.7 Å². The molecule has 0 unspecified atom stereocenters. The van der Waals surface area contributed by atoms with E-state index in [0.29, 0.717) is 17.7 Å². The summed E-state index contributed by atoms with van der Waals surface area (Å²) in [5.41, 5.74) is 4.34. The molecule has 29 heavy (non-hydrogen) atoms. The summed E-state index contributed by atoms with van der Waals surface area (Å²) >= 11 is 3.51. The number of nitrogens with zero attached hydrogens (tertiary/aromatic N) is 3. The predicted molar refractivity (Wildman–Crippen MR) is 121 cm³/mol. The molecule has 7 heteroatoms. The Morgan fingerprint density at radius 2 is 2.10 bits per heavy atom. The molecule has 2 aliphatic heterocycles. The number of hydrogen-bond acceptors (Lipinski definition) is 4. The lowest BCUT2D eigenvalue weighted by Crippen LogP contribution is -2.39. The maximum absolute atomic E-state index is 12.6. The molecule has 154 valence electrons. The molecule has 1 amide bonds. The monoisotopic (exact) mass is 457 g/mol. The van der Waals surface area contributed by atoms with E-state index in [0.717, 1.165) is 59.5 Å². The number of rotatable bonds is 5. The SMILES string of the molecule is CCC(Nc1cnn(C2CCN(C(C)C)CC2)c1)=C1C(=O)Nc2ccc(Br)cc21. The van der Waals surface area contributed by atoms with E-state index in [2.05, 4.69) is 68.2 Å². The fourth-order valence-electron chi connectivity index (χ4n) is 4.21. The van der Waals surface area contributed by atoms with Crippen LogP contribution in [0.25, 0.3) is 5.57 Å². The van der Waals surface area contributed by atoms with Crippen molar-refractivity contribution in [1.29, 1.82) is 0 Å². The summed E-state index contributed by atoms with van der Waals surface area (Å²) in [7, 11) is 0. The predicted octanol–water partition coefficient (Wildman–Crippen LogP) is 4.88. The third-order valence-corrected chi connectivity index (χ3v) is 6.38. The maximum Gasteiger partial charge on any atom is 0.258 e. The lowest BCUT2D eigenvalue weighted by molar-refractivity contribution is -0.110. The van der Waals surface area contributed by atoms with Crippen LogP contribution >= 0.6 is 15.9 Å². The molecular formula is C22H28BrN5O. The molecule has 2 aromatic rings. The van der Waals surface area contributed by atoms with Gasteiger partial charge >= 0.3 is 0 Å². The maximum atomic E-state index is 12.6. The van der Waals surface area contributed by atoms with E-state index in [-0.39, 0.29) is 5.91 Å². The lowest BCUT2D eigenvalue weighted by Gasteiger charge is -2.34. The number of halogens is 1. The zero-order valence-corrected chi connectivity index (χ0v) is 18.8. The first-order valence-electron chi connectivity index (χ1n) is 10.4. The van der Waals surface area contributed by atoms with Crippen molar-refractivity contribution in [3.05, 3.63) is 46.3 Å². The van der Waals surface area contributed by atoms with Gasteiger partial charge in [0.25, 0.3) is 5.91 Å². The number of aromatic nitrogens is 2. The molecule has 0 radical (unpaired) electrons. The van der Waals surface area contributed by atoms with Gasteiger partial charge in [-0.1, -0.05) is 22.9 Å². The summed E-state index contributed by atoms with van der Waals surface area (Å²) in [4.78, 5) is 15.1. The first kappa shape index (κ1) is 20.2. The molecular weight excluding hydrogens is 430 g/mol. The number of carbonyl (C=O) groups excluding carboxylic acids is 1. The van der Waals surface area contributed by atoms with Crippen molar-refractivity contribution < 1.29 is 4.79 Å². The molecule has 0 bridgehead atoms. The topological polar surface area (TPSA) is 62.2 Å². The van der Waals surface area contributed by atoms with Gasteiger partial charge in [-0.2, -0.15) is 5.10 Å². The Bertz CT molecular complexity index is 940. The van der Waals surface area contributed by atoms with Gasteiger partial charge in [-0.3, -0.25) is 9.48 Å². The van der Waals surface area contributed by atoms with Crippen LogP contribution < -0.4 is 10.6 Å². The number of carbonyl (C=O) groups is 1. The quantitative estimate of drug-likeness (QED) is 0.628. The first-order valence-corrected chi connectivity index (χ1v) is 11.1. The number of anilines is 2. The van der Waals surface area contributed by atoms with Gasteiger partial charge in [-0.15, -0.1) is 0 Å². The Hall–Kier alpha value is -2.12. The van der Waals surface area contributed by atoms with E-state index < -0.39 is 0 Å². The Morgan fingerprint density at radius 1 is 1.34 bits per heavy atom. The standard InChI is InChI=1S/C22H28BrN5O/c1-4-19(21-18-11-15(23)5-6-20(18)26-22(21)29)25-16-12-24-28(13-16)17-7-9-27(10-8-17)14(2)3/h5-6,11-14,17,25H,4,7-10H2,1-3H3,(H,26,29). The molecule has 1 fully saturated rings. The van der Waals surface area contributed by atoms with Crippen molar-refractivity contribution in [3.8, 4) is 0 Å². The average molecular weight is 458 g/mol. The highest BCUT2D eigenvalue weighted by molar-refractivity contribution is 9.10. The van der Waals surface area contributed by atoms with Gasteiger partial charge in [0.15, 0.2) is 0 Å². The molecule has 0 aliphatic carbocycles. The second kappa shape index (κ2) is 8.32. The minimum Gasteiger partial charge on any atom is -0.356 e. The summed E-state index contributed by atoms with van der Waals surface area (Å²) in [6.45, 7) is 8.80. The number of amides is 1. The Kier molecular flexibility index (Phi) is 5.79. The highest BCUT2D eigenvalue weighted by Gasteiger charge is 2.28. The third-order valence-electron chi connectivity index (χ3n) is 5.88. The molecule has 1 saturated heterocycles. The fraction of sp³-hybridized carbons (Fsp3) is 0.455. The molecule has 1 aromatic heterocycles. The summed E-state index contributed by atoms with van der Waals surface area (Å²) in [5, 5.41) is 11.0. The number of benzene rings is 1. The van der Waals surface area contributed by atoms with Crippen LogP contribution in [-0.2, 0) is 4.79 Å². The fourth-order valence-corrected chi connectivity index (χ4v) is 4.57. The van der Waals surface area contributed by atoms with Crippen LogP contribution in [0.2, 0.25) is 0 Å². The zero-order chi connectivity index (χ0) is 20.5. The number of likely N-dealkylation sites (tertiary alicyclic amines) is 1. The third kappa shape index (κ3) is 4.12. The smallest absolute Gasteiger partial charge is 0.258 e. The van der Waals surface area contributed by atoms with E-state index in [1.54, 1.807) is 0 Å². The normalized spacial score (nSPS) is 19.4. The van der Waals surface area contributed by atoms with Crippen molar-refractivity contribution in [1.82, 2.24) is 14.7 Å². The van der Waals surface area contributed by atoms with Crippen molar-refractivity contribution in [3.63, 3.8) is 0 Å². The van der Waals surface area contributed by atoms with E-state index >= 15 is 0 Å². The van der Waals surface area contributed by atoms with Crippen LogP contribution in [0.15, 0.2) is 40.8 Å². The van der Waals surface area contributed by atoms with E-state index in [4.69, 9.17) is 0 Å². The minimum atomic E-state index is -0.0594. The highest BCUT2D eigenvalue weighted by Crippen LogP contribution is 2.37. The molecule has 0 spiro atoms. The van der Waals surface area contributed by atoms with Crippen LogP contribution in [0.3, 0.4) is 0 Å². The second-order valence-corrected chi connectivity index (χ2v) is 8.96. The minimum absolute atomic E-state index is 0.0594. The largest absolute Gasteiger partial charge is 0.356 e.